The molecule has 1 aromatic carbocycles. The molecular weight excluding hydrogens is 236 g/mol. The van der Waals surface area contributed by atoms with Gasteiger partial charge in [0, 0.05) is 25.2 Å². The molecule has 3 heteroatoms. The normalized spacial score (nSPS) is 30.6. The van der Waals surface area contributed by atoms with Gasteiger partial charge in [0.05, 0.1) is 6.61 Å². The minimum absolute atomic E-state index is 0.200. The Morgan fingerprint density at radius 3 is 2.84 bits per heavy atom. The summed E-state index contributed by atoms with van der Waals surface area (Å²) in [4.78, 5) is 2.48. The van der Waals surface area contributed by atoms with Crippen molar-refractivity contribution >= 4 is 0 Å². The topological polar surface area (TPSA) is 38.5 Å². The average Bonchev–Trinajstić information content (AvgIpc) is 2.78. The lowest BCUT2D eigenvalue weighted by molar-refractivity contribution is 0.0358. The van der Waals surface area contributed by atoms with Gasteiger partial charge in [-0.15, -0.1) is 0 Å². The van der Waals surface area contributed by atoms with Crippen LogP contribution in [-0.4, -0.2) is 31.7 Å². The minimum Gasteiger partial charge on any atom is -0.381 e. The lowest BCUT2D eigenvalue weighted by atomic mass is 10.00. The molecule has 2 N–H and O–H groups in total. The molecule has 19 heavy (non-hydrogen) atoms. The molecule has 3 nitrogen and oxygen atoms in total. The van der Waals surface area contributed by atoms with E-state index in [1.807, 2.05) is 0 Å². The van der Waals surface area contributed by atoms with Crippen molar-refractivity contribution in [1.82, 2.24) is 4.90 Å². The van der Waals surface area contributed by atoms with Gasteiger partial charge in [0.1, 0.15) is 0 Å². The highest BCUT2D eigenvalue weighted by molar-refractivity contribution is 5.37. The molecule has 1 aliphatic heterocycles. The van der Waals surface area contributed by atoms with Crippen LogP contribution in [0, 0.1) is 5.92 Å². The summed E-state index contributed by atoms with van der Waals surface area (Å²) < 4.78 is 5.58. The van der Waals surface area contributed by atoms with Crippen LogP contribution in [0.15, 0.2) is 24.3 Å². The molecule has 3 atom stereocenters. The highest BCUT2D eigenvalue weighted by Crippen LogP contribution is 2.40. The monoisotopic (exact) mass is 260 g/mol. The van der Waals surface area contributed by atoms with E-state index in [4.69, 9.17) is 10.5 Å². The van der Waals surface area contributed by atoms with E-state index < -0.39 is 0 Å². The van der Waals surface area contributed by atoms with Crippen LogP contribution in [-0.2, 0) is 4.74 Å². The summed E-state index contributed by atoms with van der Waals surface area (Å²) in [6.45, 7) is 2.98. The molecule has 1 heterocycles. The van der Waals surface area contributed by atoms with Crippen LogP contribution < -0.4 is 5.73 Å². The zero-order valence-electron chi connectivity index (χ0n) is 11.7. The summed E-state index contributed by atoms with van der Waals surface area (Å²) in [7, 11) is 2.23. The van der Waals surface area contributed by atoms with E-state index in [2.05, 4.69) is 36.2 Å². The molecule has 3 unspecified atom stereocenters. The molecule has 1 aromatic rings. The molecule has 0 aromatic heterocycles. The number of hydrogen-bond acceptors (Lipinski definition) is 3. The number of fused-ring (bicyclic) bond motifs is 1. The summed E-state index contributed by atoms with van der Waals surface area (Å²) in [6.07, 6.45) is 3.55. The maximum Gasteiger partial charge on any atom is 0.0506 e. The second-order valence-electron chi connectivity index (χ2n) is 6.01. The summed E-state index contributed by atoms with van der Waals surface area (Å²) in [6, 6.07) is 9.31. The van der Waals surface area contributed by atoms with E-state index in [-0.39, 0.29) is 6.04 Å². The smallest absolute Gasteiger partial charge is 0.0506 e. The van der Waals surface area contributed by atoms with Gasteiger partial charge in [0.15, 0.2) is 0 Å². The summed E-state index contributed by atoms with van der Waals surface area (Å²) in [5, 5.41) is 0. The van der Waals surface area contributed by atoms with Gasteiger partial charge >= 0.3 is 0 Å². The highest BCUT2D eigenvalue weighted by atomic mass is 16.5. The van der Waals surface area contributed by atoms with E-state index in [0.717, 1.165) is 26.2 Å². The first-order chi connectivity index (χ1) is 9.25. The molecule has 0 radical (unpaired) electrons. The molecule has 0 spiro atoms. The van der Waals surface area contributed by atoms with Gasteiger partial charge in [-0.25, -0.2) is 0 Å². The molecule has 0 amide bonds. The van der Waals surface area contributed by atoms with E-state index >= 15 is 0 Å². The maximum atomic E-state index is 6.26. The number of rotatable bonds is 3. The van der Waals surface area contributed by atoms with Gasteiger partial charge in [-0.3, -0.25) is 4.90 Å². The van der Waals surface area contributed by atoms with Gasteiger partial charge in [-0.05, 0) is 43.4 Å². The van der Waals surface area contributed by atoms with E-state index in [9.17, 15) is 0 Å². The third kappa shape index (κ3) is 2.69. The molecule has 0 bridgehead atoms. The van der Waals surface area contributed by atoms with Crippen molar-refractivity contribution in [3.8, 4) is 0 Å². The molecule has 0 saturated carbocycles. The fourth-order valence-electron chi connectivity index (χ4n) is 3.55. The molecule has 1 aliphatic carbocycles. The quantitative estimate of drug-likeness (QED) is 0.907. The zero-order valence-corrected chi connectivity index (χ0v) is 11.7. The second kappa shape index (κ2) is 5.61. The summed E-state index contributed by atoms with van der Waals surface area (Å²) in [5.74, 6) is 0.683. The van der Waals surface area contributed by atoms with Crippen LogP contribution in [0.3, 0.4) is 0 Å². The Morgan fingerprint density at radius 1 is 1.32 bits per heavy atom. The molecule has 1 saturated heterocycles. The Morgan fingerprint density at radius 2 is 2.11 bits per heavy atom. The van der Waals surface area contributed by atoms with Crippen molar-refractivity contribution in [2.75, 3.05) is 26.8 Å². The predicted octanol–water partition coefficient (Wildman–Crippen LogP) is 2.49. The molecule has 3 rings (SSSR count). The fraction of sp³-hybridized carbons (Fsp3) is 0.625. The first-order valence-electron chi connectivity index (χ1n) is 7.38. The Labute approximate surface area is 115 Å². The Balaban J connectivity index is 1.69. The summed E-state index contributed by atoms with van der Waals surface area (Å²) >= 11 is 0. The van der Waals surface area contributed by atoms with Crippen molar-refractivity contribution in [3.63, 3.8) is 0 Å². The lowest BCUT2D eigenvalue weighted by Gasteiger charge is -2.31. The minimum atomic E-state index is 0.200. The Bertz CT molecular complexity index is 429. The van der Waals surface area contributed by atoms with Gasteiger partial charge in [0.25, 0.3) is 0 Å². The number of benzene rings is 1. The van der Waals surface area contributed by atoms with E-state index in [1.54, 1.807) is 0 Å². The SMILES string of the molecule is CN(CC1CCCOC1)C1CC(N)c2ccccc21. The fourth-order valence-corrected chi connectivity index (χ4v) is 3.55. The van der Waals surface area contributed by atoms with Crippen LogP contribution >= 0.6 is 0 Å². The number of ether oxygens (including phenoxy) is 1. The molecular formula is C16H24N2O. The van der Waals surface area contributed by atoms with Crippen molar-refractivity contribution in [2.24, 2.45) is 11.7 Å². The van der Waals surface area contributed by atoms with Crippen LogP contribution in [0.25, 0.3) is 0 Å². The lowest BCUT2D eigenvalue weighted by Crippen LogP contribution is -2.33. The molecule has 2 aliphatic rings. The number of nitrogens with two attached hydrogens (primary N) is 1. The Hall–Kier alpha value is -0.900. The zero-order chi connectivity index (χ0) is 13.2. The molecule has 104 valence electrons. The number of nitrogens with zero attached hydrogens (tertiary/aromatic N) is 1. The van der Waals surface area contributed by atoms with Crippen LogP contribution in [0.5, 0.6) is 0 Å². The van der Waals surface area contributed by atoms with Crippen molar-refractivity contribution in [2.45, 2.75) is 31.3 Å². The Kier molecular flexibility index (Phi) is 3.87. The predicted molar refractivity (Wildman–Crippen MR) is 76.9 cm³/mol. The van der Waals surface area contributed by atoms with E-state index in [0.29, 0.717) is 12.0 Å². The second-order valence-corrected chi connectivity index (χ2v) is 6.01. The van der Waals surface area contributed by atoms with Gasteiger partial charge in [-0.1, -0.05) is 24.3 Å². The van der Waals surface area contributed by atoms with Crippen molar-refractivity contribution in [3.05, 3.63) is 35.4 Å². The average molecular weight is 260 g/mol. The van der Waals surface area contributed by atoms with Crippen molar-refractivity contribution in [1.29, 1.82) is 0 Å². The third-order valence-electron chi connectivity index (χ3n) is 4.56. The first-order valence-corrected chi connectivity index (χ1v) is 7.38. The van der Waals surface area contributed by atoms with Crippen LogP contribution in [0.1, 0.15) is 42.5 Å². The summed E-state index contributed by atoms with van der Waals surface area (Å²) in [5.41, 5.74) is 9.01. The van der Waals surface area contributed by atoms with Gasteiger partial charge in [0.2, 0.25) is 0 Å². The number of hydrogen-bond donors (Lipinski definition) is 1. The first kappa shape index (κ1) is 13.1. The van der Waals surface area contributed by atoms with Gasteiger partial charge in [-0.2, -0.15) is 0 Å². The van der Waals surface area contributed by atoms with E-state index in [1.165, 1.54) is 24.0 Å². The van der Waals surface area contributed by atoms with Gasteiger partial charge < -0.3 is 10.5 Å². The standard InChI is InChI=1S/C16H24N2O/c1-18(10-12-5-4-8-19-11-12)16-9-15(17)13-6-2-3-7-14(13)16/h2-3,6-7,12,15-16H,4-5,8-11,17H2,1H3. The molecule has 1 fully saturated rings. The van der Waals surface area contributed by atoms with Crippen LogP contribution in [0.4, 0.5) is 0 Å². The maximum absolute atomic E-state index is 6.26. The third-order valence-corrected chi connectivity index (χ3v) is 4.56. The largest absolute Gasteiger partial charge is 0.381 e. The van der Waals surface area contributed by atoms with Crippen molar-refractivity contribution < 1.29 is 4.74 Å². The van der Waals surface area contributed by atoms with Crippen LogP contribution in [0.2, 0.25) is 0 Å². The highest BCUT2D eigenvalue weighted by Gasteiger charge is 2.31.